The second kappa shape index (κ2) is 9.01. The van der Waals surface area contributed by atoms with E-state index in [4.69, 9.17) is 14.6 Å². The Hall–Kier alpha value is -2.65. The minimum atomic E-state index is -0.845. The zero-order valence-electron chi connectivity index (χ0n) is 17.2. The molecule has 2 fully saturated rings. The first-order valence-electron chi connectivity index (χ1n) is 10.4. The molecular formula is C21H28N4O5. The van der Waals surface area contributed by atoms with Gasteiger partial charge in [0.05, 0.1) is 31.4 Å². The van der Waals surface area contributed by atoms with Gasteiger partial charge in [0.25, 0.3) is 5.91 Å². The van der Waals surface area contributed by atoms with E-state index < -0.39 is 6.09 Å². The molecule has 2 amide bonds. The Labute approximate surface area is 174 Å². The summed E-state index contributed by atoms with van der Waals surface area (Å²) < 4.78 is 12.9. The van der Waals surface area contributed by atoms with Crippen molar-refractivity contribution < 1.29 is 24.2 Å². The zero-order valence-corrected chi connectivity index (χ0v) is 17.2. The molecular weight excluding hydrogens is 388 g/mol. The van der Waals surface area contributed by atoms with Crippen LogP contribution >= 0.6 is 0 Å². The van der Waals surface area contributed by atoms with Crippen LogP contribution < -0.4 is 5.32 Å². The van der Waals surface area contributed by atoms with Crippen molar-refractivity contribution in [3.63, 3.8) is 0 Å². The highest BCUT2D eigenvalue weighted by molar-refractivity contribution is 6.00. The number of carbonyl (C=O) groups excluding carboxylic acids is 1. The number of aromatic nitrogens is 2. The summed E-state index contributed by atoms with van der Waals surface area (Å²) in [6.45, 7) is 5.90. The molecule has 0 bridgehead atoms. The van der Waals surface area contributed by atoms with E-state index in [1.165, 1.54) is 4.90 Å². The molecule has 9 heteroatoms. The number of rotatable bonds is 5. The van der Waals surface area contributed by atoms with Gasteiger partial charge in [0, 0.05) is 43.3 Å². The fraction of sp³-hybridized carbons (Fsp3) is 0.571. The highest BCUT2D eigenvalue weighted by Crippen LogP contribution is 2.24. The van der Waals surface area contributed by atoms with Crippen LogP contribution in [0.1, 0.15) is 28.8 Å². The van der Waals surface area contributed by atoms with Crippen molar-refractivity contribution in [2.75, 3.05) is 39.5 Å². The first-order valence-corrected chi connectivity index (χ1v) is 10.4. The maximum absolute atomic E-state index is 12.7. The van der Waals surface area contributed by atoms with Gasteiger partial charge in [-0.3, -0.25) is 9.48 Å². The smallest absolute Gasteiger partial charge is 0.407 e. The maximum atomic E-state index is 12.7. The van der Waals surface area contributed by atoms with Gasteiger partial charge in [-0.2, -0.15) is 5.10 Å². The van der Waals surface area contributed by atoms with Crippen LogP contribution in [0.5, 0.6) is 0 Å². The van der Waals surface area contributed by atoms with Crippen LogP contribution in [-0.4, -0.2) is 77.3 Å². The molecule has 0 spiro atoms. The molecule has 2 aliphatic rings. The van der Waals surface area contributed by atoms with Crippen LogP contribution in [0.15, 0.2) is 18.3 Å². The van der Waals surface area contributed by atoms with Gasteiger partial charge < -0.3 is 24.8 Å². The monoisotopic (exact) mass is 416 g/mol. The van der Waals surface area contributed by atoms with Gasteiger partial charge in [-0.15, -0.1) is 0 Å². The molecule has 1 aromatic carbocycles. The number of fused-ring (bicyclic) bond motifs is 1. The third-order valence-corrected chi connectivity index (χ3v) is 5.96. The molecule has 0 aliphatic carbocycles. The number of ether oxygens (including phenoxy) is 2. The van der Waals surface area contributed by atoms with Crippen LogP contribution in [-0.2, 0) is 16.0 Å². The summed E-state index contributed by atoms with van der Waals surface area (Å²) in [5.41, 5.74) is 2.39. The number of hydrogen-bond acceptors (Lipinski definition) is 5. The van der Waals surface area contributed by atoms with Gasteiger partial charge in [-0.25, -0.2) is 4.79 Å². The summed E-state index contributed by atoms with van der Waals surface area (Å²) in [5.74, 6) is 0.271. The minimum Gasteiger partial charge on any atom is -0.465 e. The second-order valence-electron chi connectivity index (χ2n) is 8.01. The fourth-order valence-electron chi connectivity index (χ4n) is 4.15. The molecule has 0 radical (unpaired) electrons. The molecule has 9 nitrogen and oxygen atoms in total. The molecule has 1 aromatic heterocycles. The summed E-state index contributed by atoms with van der Waals surface area (Å²) in [4.78, 5) is 25.2. The Morgan fingerprint density at radius 1 is 1.27 bits per heavy atom. The number of carbonyl (C=O) groups is 2. The van der Waals surface area contributed by atoms with Crippen molar-refractivity contribution in [1.82, 2.24) is 20.0 Å². The topological polar surface area (TPSA) is 106 Å². The van der Waals surface area contributed by atoms with Gasteiger partial charge >= 0.3 is 6.09 Å². The van der Waals surface area contributed by atoms with Crippen LogP contribution in [0.2, 0.25) is 0 Å². The third kappa shape index (κ3) is 4.57. The molecule has 1 unspecified atom stereocenters. The lowest BCUT2D eigenvalue weighted by molar-refractivity contribution is -0.0855. The molecule has 3 heterocycles. The van der Waals surface area contributed by atoms with Crippen molar-refractivity contribution in [2.45, 2.75) is 32.4 Å². The summed E-state index contributed by atoms with van der Waals surface area (Å²) in [7, 11) is 0. The average Bonchev–Trinajstić information content (AvgIpc) is 3.17. The SMILES string of the molecule is Cc1c(C(=O)NCC2COCCO2)ccc2nn(CC3CCN(C(=O)O)CC3)cc12. The van der Waals surface area contributed by atoms with E-state index in [0.29, 0.717) is 50.9 Å². The lowest BCUT2D eigenvalue weighted by Crippen LogP contribution is -2.39. The Morgan fingerprint density at radius 3 is 2.77 bits per heavy atom. The lowest BCUT2D eigenvalue weighted by atomic mass is 9.97. The number of nitrogens with zero attached hydrogens (tertiary/aromatic N) is 3. The zero-order chi connectivity index (χ0) is 21.1. The lowest BCUT2D eigenvalue weighted by Gasteiger charge is -2.29. The molecule has 1 atom stereocenters. The third-order valence-electron chi connectivity index (χ3n) is 5.96. The fourth-order valence-corrected chi connectivity index (χ4v) is 4.15. The summed E-state index contributed by atoms with van der Waals surface area (Å²) in [5, 5.41) is 17.6. The highest BCUT2D eigenvalue weighted by atomic mass is 16.6. The molecule has 4 rings (SSSR count). The van der Waals surface area contributed by atoms with E-state index in [0.717, 1.165) is 35.9 Å². The second-order valence-corrected chi connectivity index (χ2v) is 8.01. The number of piperidine rings is 1. The number of likely N-dealkylation sites (tertiary alicyclic amines) is 1. The Balaban J connectivity index is 1.40. The number of nitrogens with one attached hydrogen (secondary N) is 1. The van der Waals surface area contributed by atoms with Gasteiger partial charge in [-0.05, 0) is 43.4 Å². The quantitative estimate of drug-likeness (QED) is 0.771. The van der Waals surface area contributed by atoms with E-state index >= 15 is 0 Å². The van der Waals surface area contributed by atoms with E-state index in [9.17, 15) is 9.59 Å². The minimum absolute atomic E-state index is 0.109. The Morgan fingerprint density at radius 2 is 2.07 bits per heavy atom. The average molecular weight is 416 g/mol. The Bertz CT molecular complexity index is 914. The number of hydrogen-bond donors (Lipinski definition) is 2. The molecule has 162 valence electrons. The normalized spacial score (nSPS) is 20.4. The molecule has 30 heavy (non-hydrogen) atoms. The van der Waals surface area contributed by atoms with E-state index in [2.05, 4.69) is 10.4 Å². The van der Waals surface area contributed by atoms with Crippen molar-refractivity contribution in [1.29, 1.82) is 0 Å². The number of benzene rings is 1. The molecule has 2 N–H and O–H groups in total. The van der Waals surface area contributed by atoms with Gasteiger partial charge in [0.15, 0.2) is 0 Å². The molecule has 2 aliphatic heterocycles. The van der Waals surface area contributed by atoms with Crippen molar-refractivity contribution in [2.24, 2.45) is 5.92 Å². The van der Waals surface area contributed by atoms with E-state index in [1.54, 1.807) is 0 Å². The standard InChI is InChI=1S/C21H28N4O5/c1-14-17(20(26)22-10-16-13-29-8-9-30-16)2-3-19-18(14)12-25(23-19)11-15-4-6-24(7-5-15)21(27)28/h2-3,12,15-16H,4-11,13H2,1H3,(H,22,26)(H,27,28). The van der Waals surface area contributed by atoms with E-state index in [-0.39, 0.29) is 12.0 Å². The number of aryl methyl sites for hydroxylation is 1. The van der Waals surface area contributed by atoms with Gasteiger partial charge in [0.2, 0.25) is 0 Å². The molecule has 2 saturated heterocycles. The highest BCUT2D eigenvalue weighted by Gasteiger charge is 2.23. The van der Waals surface area contributed by atoms with Crippen LogP contribution in [0.4, 0.5) is 4.79 Å². The van der Waals surface area contributed by atoms with Crippen molar-refractivity contribution in [3.8, 4) is 0 Å². The van der Waals surface area contributed by atoms with Gasteiger partial charge in [-0.1, -0.05) is 0 Å². The predicted octanol–water partition coefficient (Wildman–Crippen LogP) is 1.88. The summed E-state index contributed by atoms with van der Waals surface area (Å²) in [6.07, 6.45) is 2.71. The first kappa shape index (κ1) is 20.6. The van der Waals surface area contributed by atoms with Crippen LogP contribution in [0, 0.1) is 12.8 Å². The number of carboxylic acid groups (broad SMARTS) is 1. The summed E-state index contributed by atoms with van der Waals surface area (Å²) >= 11 is 0. The van der Waals surface area contributed by atoms with Crippen molar-refractivity contribution >= 4 is 22.9 Å². The molecule has 0 saturated carbocycles. The maximum Gasteiger partial charge on any atom is 0.407 e. The van der Waals surface area contributed by atoms with Gasteiger partial charge in [0.1, 0.15) is 0 Å². The molecule has 2 aromatic rings. The Kier molecular flexibility index (Phi) is 6.19. The largest absolute Gasteiger partial charge is 0.465 e. The number of amides is 2. The predicted molar refractivity (Wildman–Crippen MR) is 110 cm³/mol. The van der Waals surface area contributed by atoms with E-state index in [1.807, 2.05) is 29.9 Å². The van der Waals surface area contributed by atoms with Crippen LogP contribution in [0.25, 0.3) is 10.9 Å². The summed E-state index contributed by atoms with van der Waals surface area (Å²) in [6, 6.07) is 3.69. The van der Waals surface area contributed by atoms with Crippen molar-refractivity contribution in [3.05, 3.63) is 29.5 Å². The first-order chi connectivity index (χ1) is 14.5. The van der Waals surface area contributed by atoms with Crippen LogP contribution in [0.3, 0.4) is 0 Å².